The van der Waals surface area contributed by atoms with Gasteiger partial charge in [-0.05, 0) is 38.6 Å². The topological polar surface area (TPSA) is 107 Å². The monoisotopic (exact) mass is 399 g/mol. The minimum Gasteiger partial charge on any atom is -0.348 e. The van der Waals surface area contributed by atoms with E-state index in [2.05, 4.69) is 52.9 Å². The first kappa shape index (κ1) is 20.5. The van der Waals surface area contributed by atoms with Gasteiger partial charge in [-0.25, -0.2) is 4.39 Å². The molecule has 9 nitrogen and oxygen atoms in total. The van der Waals surface area contributed by atoms with Crippen LogP contribution in [0.25, 0.3) is 0 Å². The van der Waals surface area contributed by atoms with Crippen LogP contribution in [0.5, 0.6) is 0 Å². The molecule has 0 aliphatic heterocycles. The maximum Gasteiger partial charge on any atom is 0.234 e. The van der Waals surface area contributed by atoms with Crippen LogP contribution >= 0.6 is 0 Å². The standard InChI is InChI=1S/C19H26FN9/c1-4-29(12-11-21-3)19-26-17(23-13(2)14-5-7-15(20)8-6-14)25-18(27-19)24-16-9-10-22-28-16/h5-10,13,21H,4,11-12H2,1-3H3,(H3,22,23,24,25,26,27,28). The molecule has 2 heterocycles. The summed E-state index contributed by atoms with van der Waals surface area (Å²) in [6, 6.07) is 8.03. The zero-order chi connectivity index (χ0) is 20.6. The fraction of sp³-hybridized carbons (Fsp3) is 0.368. The third-order valence-electron chi connectivity index (χ3n) is 4.38. The highest BCUT2D eigenvalue weighted by Crippen LogP contribution is 2.21. The number of anilines is 4. The van der Waals surface area contributed by atoms with Gasteiger partial charge in [-0.1, -0.05) is 12.1 Å². The van der Waals surface area contributed by atoms with Gasteiger partial charge < -0.3 is 20.9 Å². The number of benzene rings is 1. The molecule has 0 fully saturated rings. The number of nitrogens with zero attached hydrogens (tertiary/aromatic N) is 5. The number of likely N-dealkylation sites (N-methyl/N-ethyl adjacent to an activating group) is 2. The Bertz CT molecular complexity index is 883. The molecule has 0 amide bonds. The fourth-order valence-corrected chi connectivity index (χ4v) is 2.75. The summed E-state index contributed by atoms with van der Waals surface area (Å²) in [5, 5.41) is 16.3. The van der Waals surface area contributed by atoms with Gasteiger partial charge in [0.2, 0.25) is 17.8 Å². The first-order chi connectivity index (χ1) is 14.1. The average Bonchev–Trinajstić information content (AvgIpc) is 3.22. The summed E-state index contributed by atoms with van der Waals surface area (Å²) < 4.78 is 13.2. The summed E-state index contributed by atoms with van der Waals surface area (Å²) >= 11 is 0. The van der Waals surface area contributed by atoms with Crippen LogP contribution in [0.2, 0.25) is 0 Å². The molecular weight excluding hydrogens is 373 g/mol. The van der Waals surface area contributed by atoms with Crippen molar-refractivity contribution in [2.24, 2.45) is 0 Å². The predicted molar refractivity (Wildman–Crippen MR) is 112 cm³/mol. The van der Waals surface area contributed by atoms with Crippen molar-refractivity contribution in [1.29, 1.82) is 0 Å². The van der Waals surface area contributed by atoms with Gasteiger partial charge in [-0.15, -0.1) is 0 Å². The van der Waals surface area contributed by atoms with E-state index in [1.165, 1.54) is 12.1 Å². The van der Waals surface area contributed by atoms with E-state index in [4.69, 9.17) is 0 Å². The van der Waals surface area contributed by atoms with Gasteiger partial charge in [-0.3, -0.25) is 5.10 Å². The number of hydrogen-bond donors (Lipinski definition) is 4. The molecule has 0 bridgehead atoms. The van der Waals surface area contributed by atoms with Crippen LogP contribution in [0.3, 0.4) is 0 Å². The average molecular weight is 399 g/mol. The molecule has 0 aliphatic carbocycles. The molecule has 154 valence electrons. The van der Waals surface area contributed by atoms with Crippen LogP contribution in [-0.4, -0.2) is 51.8 Å². The summed E-state index contributed by atoms with van der Waals surface area (Å²) in [5.41, 5.74) is 0.930. The van der Waals surface area contributed by atoms with Crippen molar-refractivity contribution < 1.29 is 4.39 Å². The molecule has 0 saturated carbocycles. The lowest BCUT2D eigenvalue weighted by Crippen LogP contribution is -2.32. The minimum atomic E-state index is -0.266. The van der Waals surface area contributed by atoms with Crippen molar-refractivity contribution in [2.75, 3.05) is 42.2 Å². The maximum absolute atomic E-state index is 13.2. The number of nitrogens with one attached hydrogen (secondary N) is 4. The molecule has 3 rings (SSSR count). The van der Waals surface area contributed by atoms with Crippen molar-refractivity contribution >= 4 is 23.7 Å². The highest BCUT2D eigenvalue weighted by atomic mass is 19.1. The minimum absolute atomic E-state index is 0.113. The van der Waals surface area contributed by atoms with Gasteiger partial charge in [0.1, 0.15) is 11.6 Å². The number of aromatic amines is 1. The summed E-state index contributed by atoms with van der Waals surface area (Å²) in [6.07, 6.45) is 1.64. The van der Waals surface area contributed by atoms with E-state index in [-0.39, 0.29) is 11.9 Å². The van der Waals surface area contributed by atoms with Gasteiger partial charge in [0.15, 0.2) is 0 Å². The Hall–Kier alpha value is -3.27. The van der Waals surface area contributed by atoms with Crippen molar-refractivity contribution in [2.45, 2.75) is 19.9 Å². The van der Waals surface area contributed by atoms with Gasteiger partial charge >= 0.3 is 0 Å². The van der Waals surface area contributed by atoms with E-state index in [1.54, 1.807) is 24.4 Å². The molecule has 10 heteroatoms. The van der Waals surface area contributed by atoms with E-state index >= 15 is 0 Å². The van der Waals surface area contributed by atoms with Gasteiger partial charge in [-0.2, -0.15) is 20.1 Å². The molecular formula is C19H26FN9. The van der Waals surface area contributed by atoms with Gasteiger partial charge in [0, 0.05) is 25.7 Å². The zero-order valence-corrected chi connectivity index (χ0v) is 16.8. The van der Waals surface area contributed by atoms with E-state index < -0.39 is 0 Å². The van der Waals surface area contributed by atoms with Crippen LogP contribution < -0.4 is 20.9 Å². The molecule has 3 aromatic rings. The largest absolute Gasteiger partial charge is 0.348 e. The molecule has 1 unspecified atom stereocenters. The molecule has 0 radical (unpaired) electrons. The van der Waals surface area contributed by atoms with Gasteiger partial charge in [0.05, 0.1) is 12.2 Å². The van der Waals surface area contributed by atoms with Crippen molar-refractivity contribution in [3.05, 3.63) is 47.9 Å². The number of H-pyrrole nitrogens is 1. The van der Waals surface area contributed by atoms with Crippen LogP contribution in [0, 0.1) is 5.82 Å². The van der Waals surface area contributed by atoms with Crippen molar-refractivity contribution in [3.63, 3.8) is 0 Å². The first-order valence-electron chi connectivity index (χ1n) is 9.53. The van der Waals surface area contributed by atoms with Crippen LogP contribution in [-0.2, 0) is 0 Å². The van der Waals surface area contributed by atoms with E-state index in [1.807, 2.05) is 14.0 Å². The second-order valence-corrected chi connectivity index (χ2v) is 6.48. The lowest BCUT2D eigenvalue weighted by Gasteiger charge is -2.22. The molecule has 2 aromatic heterocycles. The smallest absolute Gasteiger partial charge is 0.234 e. The lowest BCUT2D eigenvalue weighted by atomic mass is 10.1. The molecule has 0 spiro atoms. The number of aromatic nitrogens is 5. The SMILES string of the molecule is CCN(CCNC)c1nc(Nc2ccn[nH]2)nc(NC(C)c2ccc(F)cc2)n1. The highest BCUT2D eigenvalue weighted by Gasteiger charge is 2.15. The van der Waals surface area contributed by atoms with Crippen molar-refractivity contribution in [3.8, 4) is 0 Å². The van der Waals surface area contributed by atoms with Crippen LogP contribution in [0.1, 0.15) is 25.5 Å². The molecule has 4 N–H and O–H groups in total. The Morgan fingerprint density at radius 1 is 1.10 bits per heavy atom. The molecule has 0 aliphatic rings. The molecule has 29 heavy (non-hydrogen) atoms. The Morgan fingerprint density at radius 2 is 1.86 bits per heavy atom. The summed E-state index contributed by atoms with van der Waals surface area (Å²) in [5.74, 6) is 1.80. The first-order valence-corrected chi connectivity index (χ1v) is 9.53. The van der Waals surface area contributed by atoms with E-state index in [9.17, 15) is 4.39 Å². The zero-order valence-electron chi connectivity index (χ0n) is 16.8. The maximum atomic E-state index is 13.2. The molecule has 1 aromatic carbocycles. The number of rotatable bonds is 10. The summed E-state index contributed by atoms with van der Waals surface area (Å²) in [6.45, 7) is 6.33. The fourth-order valence-electron chi connectivity index (χ4n) is 2.75. The third kappa shape index (κ3) is 5.61. The molecule has 1 atom stereocenters. The second-order valence-electron chi connectivity index (χ2n) is 6.48. The Kier molecular flexibility index (Phi) is 6.90. The van der Waals surface area contributed by atoms with E-state index in [0.717, 1.165) is 25.2 Å². The Morgan fingerprint density at radius 3 is 2.52 bits per heavy atom. The lowest BCUT2D eigenvalue weighted by molar-refractivity contribution is 0.626. The quantitative estimate of drug-likeness (QED) is 0.412. The van der Waals surface area contributed by atoms with Crippen LogP contribution in [0.4, 0.5) is 28.1 Å². The summed E-state index contributed by atoms with van der Waals surface area (Å²) in [7, 11) is 1.91. The Balaban J connectivity index is 1.87. The second kappa shape index (κ2) is 9.78. The van der Waals surface area contributed by atoms with E-state index in [0.29, 0.717) is 23.7 Å². The normalized spacial score (nSPS) is 11.9. The predicted octanol–water partition coefficient (Wildman–Crippen LogP) is 2.70. The number of halogens is 1. The summed E-state index contributed by atoms with van der Waals surface area (Å²) in [4.78, 5) is 15.7. The highest BCUT2D eigenvalue weighted by molar-refractivity contribution is 5.52. The van der Waals surface area contributed by atoms with Gasteiger partial charge in [0.25, 0.3) is 0 Å². The number of hydrogen-bond acceptors (Lipinski definition) is 8. The Labute approximate surface area is 169 Å². The van der Waals surface area contributed by atoms with Crippen molar-refractivity contribution in [1.82, 2.24) is 30.5 Å². The third-order valence-corrected chi connectivity index (χ3v) is 4.38. The van der Waals surface area contributed by atoms with Crippen LogP contribution in [0.15, 0.2) is 36.5 Å². The molecule has 0 saturated heterocycles.